The molecule has 1 N–H and O–H groups in total. The quantitative estimate of drug-likeness (QED) is 0.519. The van der Waals surface area contributed by atoms with Gasteiger partial charge in [0, 0.05) is 0 Å². The maximum absolute atomic E-state index is 12.4. The van der Waals surface area contributed by atoms with Gasteiger partial charge in [0.15, 0.2) is 5.69 Å². The molecule has 3 aromatic rings. The SMILES string of the molecule is COC(=O)c1nc([C@H](COCc2ccccc2)NC(=O)OCc2ccccc2)oc1C. The summed E-state index contributed by atoms with van der Waals surface area (Å²) in [6.45, 7) is 2.11. The second-order valence-corrected chi connectivity index (χ2v) is 6.71. The van der Waals surface area contributed by atoms with Crippen LogP contribution in [0.2, 0.25) is 0 Å². The lowest BCUT2D eigenvalue weighted by molar-refractivity contribution is 0.0592. The highest BCUT2D eigenvalue weighted by Crippen LogP contribution is 2.19. The van der Waals surface area contributed by atoms with Crippen LogP contribution in [0.25, 0.3) is 0 Å². The van der Waals surface area contributed by atoms with Gasteiger partial charge >= 0.3 is 12.1 Å². The monoisotopic (exact) mass is 424 g/mol. The van der Waals surface area contributed by atoms with Crippen molar-refractivity contribution in [1.82, 2.24) is 10.3 Å². The number of oxazole rings is 1. The molecule has 162 valence electrons. The van der Waals surface area contributed by atoms with Crippen molar-refractivity contribution >= 4 is 12.1 Å². The van der Waals surface area contributed by atoms with E-state index in [0.717, 1.165) is 11.1 Å². The van der Waals surface area contributed by atoms with Crippen LogP contribution in [0.4, 0.5) is 4.79 Å². The van der Waals surface area contributed by atoms with Gasteiger partial charge in [0.2, 0.25) is 5.89 Å². The topological polar surface area (TPSA) is 99.9 Å². The molecule has 0 saturated heterocycles. The third-order valence-corrected chi connectivity index (χ3v) is 4.39. The van der Waals surface area contributed by atoms with Crippen LogP contribution in [0, 0.1) is 6.92 Å². The van der Waals surface area contributed by atoms with Gasteiger partial charge < -0.3 is 23.9 Å². The van der Waals surface area contributed by atoms with Gasteiger partial charge in [0.25, 0.3) is 0 Å². The van der Waals surface area contributed by atoms with E-state index < -0.39 is 18.1 Å². The van der Waals surface area contributed by atoms with Crippen molar-refractivity contribution in [3.05, 3.63) is 89.1 Å². The van der Waals surface area contributed by atoms with Crippen molar-refractivity contribution in [3.63, 3.8) is 0 Å². The molecule has 8 heteroatoms. The third kappa shape index (κ3) is 6.42. The zero-order valence-electron chi connectivity index (χ0n) is 17.4. The average Bonchev–Trinajstić information content (AvgIpc) is 3.19. The normalized spacial score (nSPS) is 11.5. The summed E-state index contributed by atoms with van der Waals surface area (Å²) in [5, 5.41) is 2.69. The Morgan fingerprint density at radius 3 is 2.23 bits per heavy atom. The fourth-order valence-corrected chi connectivity index (χ4v) is 2.80. The predicted molar refractivity (Wildman–Crippen MR) is 111 cm³/mol. The molecule has 1 heterocycles. The van der Waals surface area contributed by atoms with Crippen molar-refractivity contribution in [1.29, 1.82) is 0 Å². The van der Waals surface area contributed by atoms with Crippen LogP contribution in [0.1, 0.15) is 39.3 Å². The number of ether oxygens (including phenoxy) is 3. The Hall–Kier alpha value is -3.65. The van der Waals surface area contributed by atoms with Crippen molar-refractivity contribution in [2.75, 3.05) is 13.7 Å². The smallest absolute Gasteiger partial charge is 0.408 e. The molecule has 1 amide bonds. The van der Waals surface area contributed by atoms with Crippen LogP contribution in [0.5, 0.6) is 0 Å². The lowest BCUT2D eigenvalue weighted by Crippen LogP contribution is -2.32. The predicted octanol–water partition coefficient (Wildman–Crippen LogP) is 3.95. The summed E-state index contributed by atoms with van der Waals surface area (Å²) in [6, 6.07) is 18.2. The molecule has 3 rings (SSSR count). The second kappa shape index (κ2) is 10.9. The Morgan fingerprint density at radius 2 is 1.61 bits per heavy atom. The molecule has 8 nitrogen and oxygen atoms in total. The number of hydrogen-bond acceptors (Lipinski definition) is 7. The third-order valence-electron chi connectivity index (χ3n) is 4.39. The summed E-state index contributed by atoms with van der Waals surface area (Å²) >= 11 is 0. The highest BCUT2D eigenvalue weighted by Gasteiger charge is 2.25. The Balaban J connectivity index is 1.67. The van der Waals surface area contributed by atoms with E-state index in [9.17, 15) is 9.59 Å². The fourth-order valence-electron chi connectivity index (χ4n) is 2.80. The first kappa shape index (κ1) is 22.0. The van der Waals surface area contributed by atoms with E-state index in [4.69, 9.17) is 18.6 Å². The molecule has 2 aromatic carbocycles. The van der Waals surface area contributed by atoms with Gasteiger partial charge in [-0.25, -0.2) is 14.6 Å². The number of esters is 1. The number of aromatic nitrogens is 1. The number of methoxy groups -OCH3 is 1. The van der Waals surface area contributed by atoms with Gasteiger partial charge in [-0.1, -0.05) is 60.7 Å². The zero-order chi connectivity index (χ0) is 22.1. The van der Waals surface area contributed by atoms with Crippen molar-refractivity contribution in [2.24, 2.45) is 0 Å². The number of benzene rings is 2. The number of alkyl carbamates (subject to hydrolysis) is 1. The summed E-state index contributed by atoms with van der Waals surface area (Å²) in [6.07, 6.45) is -0.660. The van der Waals surface area contributed by atoms with Gasteiger partial charge in [-0.15, -0.1) is 0 Å². The Labute approximate surface area is 180 Å². The number of carbonyl (C=O) groups excluding carboxylic acids is 2. The average molecular weight is 424 g/mol. The summed E-state index contributed by atoms with van der Waals surface area (Å²) in [5.74, 6) is -0.208. The molecule has 1 aromatic heterocycles. The standard InChI is InChI=1S/C23H24N2O6/c1-16-20(22(26)28-2)25-21(31-16)19(15-29-13-17-9-5-3-6-10-17)24-23(27)30-14-18-11-7-4-8-12-18/h3-12,19H,13-15H2,1-2H3,(H,24,27)/t19-/m0/s1. The number of hydrogen-bond donors (Lipinski definition) is 1. The van der Waals surface area contributed by atoms with E-state index in [1.807, 2.05) is 60.7 Å². The molecule has 0 bridgehead atoms. The number of nitrogens with zero attached hydrogens (tertiary/aromatic N) is 1. The van der Waals surface area contributed by atoms with Crippen molar-refractivity contribution < 1.29 is 28.2 Å². The molecular weight excluding hydrogens is 400 g/mol. The van der Waals surface area contributed by atoms with Crippen molar-refractivity contribution in [2.45, 2.75) is 26.2 Å². The molecule has 0 radical (unpaired) electrons. The van der Waals surface area contributed by atoms with Crippen LogP contribution in [0.3, 0.4) is 0 Å². The van der Waals surface area contributed by atoms with E-state index in [1.165, 1.54) is 7.11 Å². The van der Waals surface area contributed by atoms with Crippen LogP contribution in [-0.2, 0) is 27.4 Å². The summed E-state index contributed by atoms with van der Waals surface area (Å²) < 4.78 is 21.4. The van der Waals surface area contributed by atoms with Gasteiger partial charge in [-0.2, -0.15) is 0 Å². The number of nitrogens with one attached hydrogen (secondary N) is 1. The fraction of sp³-hybridized carbons (Fsp3) is 0.261. The first-order chi connectivity index (χ1) is 15.1. The molecule has 0 aliphatic rings. The highest BCUT2D eigenvalue weighted by molar-refractivity contribution is 5.88. The highest BCUT2D eigenvalue weighted by atomic mass is 16.5. The molecule has 0 spiro atoms. The van der Waals surface area contributed by atoms with Crippen LogP contribution < -0.4 is 5.32 Å². The molecule has 31 heavy (non-hydrogen) atoms. The van der Waals surface area contributed by atoms with Crippen molar-refractivity contribution in [3.8, 4) is 0 Å². The lowest BCUT2D eigenvalue weighted by atomic mass is 10.2. The molecule has 0 aliphatic heterocycles. The maximum Gasteiger partial charge on any atom is 0.408 e. The van der Waals surface area contributed by atoms with E-state index in [1.54, 1.807) is 6.92 Å². The minimum Gasteiger partial charge on any atom is -0.464 e. The first-order valence-corrected chi connectivity index (χ1v) is 9.71. The molecular formula is C23H24N2O6. The van der Waals surface area contributed by atoms with Crippen LogP contribution >= 0.6 is 0 Å². The second-order valence-electron chi connectivity index (χ2n) is 6.71. The first-order valence-electron chi connectivity index (χ1n) is 9.71. The molecule has 0 aliphatic carbocycles. The largest absolute Gasteiger partial charge is 0.464 e. The van der Waals surface area contributed by atoms with Gasteiger partial charge in [-0.05, 0) is 18.1 Å². The van der Waals surface area contributed by atoms with E-state index in [0.29, 0.717) is 6.61 Å². The molecule has 0 fully saturated rings. The van der Waals surface area contributed by atoms with Gasteiger partial charge in [0.1, 0.15) is 18.4 Å². The Kier molecular flexibility index (Phi) is 7.78. The Bertz CT molecular complexity index is 988. The number of amides is 1. The molecule has 0 unspecified atom stereocenters. The van der Waals surface area contributed by atoms with Crippen LogP contribution in [-0.4, -0.2) is 30.8 Å². The number of aryl methyl sites for hydroxylation is 1. The number of carbonyl (C=O) groups is 2. The minimum atomic E-state index is -0.760. The minimum absolute atomic E-state index is 0.0463. The molecule has 1 atom stereocenters. The van der Waals surface area contributed by atoms with E-state index >= 15 is 0 Å². The van der Waals surface area contributed by atoms with Crippen LogP contribution in [0.15, 0.2) is 65.1 Å². The van der Waals surface area contributed by atoms with E-state index in [2.05, 4.69) is 10.3 Å². The summed E-state index contributed by atoms with van der Waals surface area (Å²) in [5.41, 5.74) is 1.88. The molecule has 0 saturated carbocycles. The van der Waals surface area contributed by atoms with Gasteiger partial charge in [0.05, 0.1) is 20.3 Å². The van der Waals surface area contributed by atoms with Gasteiger partial charge in [-0.3, -0.25) is 0 Å². The Morgan fingerprint density at radius 1 is 1.00 bits per heavy atom. The van der Waals surface area contributed by atoms with E-state index in [-0.39, 0.29) is 30.6 Å². The zero-order valence-corrected chi connectivity index (χ0v) is 17.4. The lowest BCUT2D eigenvalue weighted by Gasteiger charge is -2.16. The summed E-state index contributed by atoms with van der Waals surface area (Å²) in [7, 11) is 1.26. The number of rotatable bonds is 9. The summed E-state index contributed by atoms with van der Waals surface area (Å²) in [4.78, 5) is 28.4. The maximum atomic E-state index is 12.4.